The summed E-state index contributed by atoms with van der Waals surface area (Å²) in [5, 5.41) is 26.4. The minimum absolute atomic E-state index is 0.0194. The maximum absolute atomic E-state index is 14.0. The highest BCUT2D eigenvalue weighted by Crippen LogP contribution is 2.49. The number of aromatic nitrogens is 2. The van der Waals surface area contributed by atoms with E-state index < -0.39 is 37.0 Å². The van der Waals surface area contributed by atoms with Gasteiger partial charge in [-0.1, -0.05) is 44.5 Å². The molecule has 4 heterocycles. The molecule has 2 aromatic heterocycles. The lowest BCUT2D eigenvalue weighted by Gasteiger charge is -2.57. The standard InChI is InChI=1S/C49H59N7O7S/c1-32(2)38-7-4-5-8-39(38)40-9-6-10-43(40)55-30-49(31-55)20-23-54(24-21-49)35-11-13-41(45(26-35)63-36-25-34-17-22-50-46(34)52-29-36)47(57)53-64(61,62)37-12-14-42(44(27-37)56(59)60)51-28-33-15-18-48(3,58)19-16-33/h4-5,7-8,11-14,17,22,25-27,29,32-33,40,43,51,58H,6,9-10,15-16,18-21,23-24,28,30-31H2,1-3H3,(H,50,52)(H,53,57)/t33?,40-,43-,48?/m0/s1. The molecule has 5 aromatic rings. The molecule has 2 aliphatic heterocycles. The van der Waals surface area contributed by atoms with E-state index in [9.17, 15) is 28.4 Å². The average Bonchev–Trinajstić information content (AvgIpc) is 3.95. The van der Waals surface area contributed by atoms with Gasteiger partial charge in [-0.2, -0.15) is 0 Å². The van der Waals surface area contributed by atoms with Crippen LogP contribution in [-0.2, 0) is 10.0 Å². The van der Waals surface area contributed by atoms with Crippen LogP contribution in [-0.4, -0.2) is 83.6 Å². The number of fused-ring (bicyclic) bond motifs is 1. The summed E-state index contributed by atoms with van der Waals surface area (Å²) in [4.78, 5) is 37.6. The van der Waals surface area contributed by atoms with E-state index in [1.165, 1.54) is 42.5 Å². The van der Waals surface area contributed by atoms with Crippen LogP contribution in [0.4, 0.5) is 17.1 Å². The number of sulfonamides is 1. The lowest BCUT2D eigenvalue weighted by Crippen LogP contribution is -2.63. The van der Waals surface area contributed by atoms with E-state index in [0.29, 0.717) is 48.7 Å². The number of nitrogens with zero attached hydrogens (tertiary/aromatic N) is 4. The molecule has 2 atom stereocenters. The fourth-order valence-corrected chi connectivity index (χ4v) is 11.8. The summed E-state index contributed by atoms with van der Waals surface area (Å²) in [6.45, 7) is 10.7. The predicted octanol–water partition coefficient (Wildman–Crippen LogP) is 9.10. The molecule has 9 rings (SSSR count). The first-order chi connectivity index (χ1) is 30.7. The quantitative estimate of drug-likeness (QED) is 0.0654. The van der Waals surface area contributed by atoms with Gasteiger partial charge in [0, 0.05) is 68.2 Å². The van der Waals surface area contributed by atoms with E-state index in [-0.39, 0.29) is 28.3 Å². The predicted molar refractivity (Wildman–Crippen MR) is 248 cm³/mol. The number of likely N-dealkylation sites (tertiary alicyclic amines) is 1. The van der Waals surface area contributed by atoms with E-state index in [4.69, 9.17) is 4.74 Å². The number of aliphatic hydroxyl groups is 1. The second-order valence-corrected chi connectivity index (χ2v) is 21.0. The Kier molecular flexibility index (Phi) is 11.9. The van der Waals surface area contributed by atoms with Crippen LogP contribution in [0.1, 0.15) is 112 Å². The maximum atomic E-state index is 14.0. The number of carbonyl (C=O) groups excluding carboxylic acids is 1. The molecule has 2 saturated carbocycles. The van der Waals surface area contributed by atoms with Crippen molar-refractivity contribution >= 4 is 44.0 Å². The highest BCUT2D eigenvalue weighted by atomic mass is 32.2. The third-order valence-electron chi connectivity index (χ3n) is 14.5. The van der Waals surface area contributed by atoms with Gasteiger partial charge >= 0.3 is 0 Å². The number of pyridine rings is 1. The van der Waals surface area contributed by atoms with Crippen molar-refractivity contribution < 1.29 is 28.0 Å². The van der Waals surface area contributed by atoms with Crippen LogP contribution in [0, 0.1) is 21.4 Å². The van der Waals surface area contributed by atoms with Crippen molar-refractivity contribution in [2.45, 2.75) is 107 Å². The molecule has 4 aliphatic rings. The Balaban J connectivity index is 0.895. The fraction of sp³-hybridized carbons (Fsp3) is 0.469. The third kappa shape index (κ3) is 9.07. The summed E-state index contributed by atoms with van der Waals surface area (Å²) >= 11 is 0. The molecule has 2 saturated heterocycles. The van der Waals surface area contributed by atoms with E-state index in [2.05, 4.69) is 67.9 Å². The number of nitro groups is 1. The number of piperidine rings is 1. The van der Waals surface area contributed by atoms with Crippen molar-refractivity contribution in [3.8, 4) is 11.5 Å². The second-order valence-electron chi connectivity index (χ2n) is 19.3. The first-order valence-electron chi connectivity index (χ1n) is 22.8. The summed E-state index contributed by atoms with van der Waals surface area (Å²) in [5.74, 6) is 0.866. The Labute approximate surface area is 375 Å². The number of carbonyl (C=O) groups is 1. The van der Waals surface area contributed by atoms with Gasteiger partial charge in [-0.15, -0.1) is 0 Å². The Hall–Kier alpha value is -5.51. The van der Waals surface area contributed by atoms with Gasteiger partial charge in [0.1, 0.15) is 22.8 Å². The van der Waals surface area contributed by atoms with Crippen LogP contribution in [0.3, 0.4) is 0 Å². The SMILES string of the molecule is CC(C)c1ccccc1[C@@H]1CCC[C@@H]1N1CC2(CCN(c3ccc(C(=O)NS(=O)(=O)c4ccc(NCC5CCC(C)(O)CC5)c([N+](=O)[O-])c4)c(Oc4cnc5[nH]ccc5c4)c3)CC2)C1. The van der Waals surface area contributed by atoms with Gasteiger partial charge in [-0.25, -0.2) is 18.1 Å². The Bertz CT molecular complexity index is 2640. The Morgan fingerprint density at radius 3 is 2.52 bits per heavy atom. The molecule has 4 fully saturated rings. The van der Waals surface area contributed by atoms with Crippen LogP contribution >= 0.6 is 0 Å². The number of nitrogens with one attached hydrogen (secondary N) is 3. The molecule has 338 valence electrons. The zero-order valence-electron chi connectivity index (χ0n) is 36.9. The highest BCUT2D eigenvalue weighted by molar-refractivity contribution is 7.90. The van der Waals surface area contributed by atoms with Gasteiger partial charge in [0.25, 0.3) is 21.6 Å². The number of hydrogen-bond acceptors (Lipinski definition) is 11. The first-order valence-corrected chi connectivity index (χ1v) is 24.3. The van der Waals surface area contributed by atoms with Crippen molar-refractivity contribution in [1.29, 1.82) is 0 Å². The number of anilines is 2. The first kappa shape index (κ1) is 43.7. The van der Waals surface area contributed by atoms with Crippen molar-refractivity contribution in [3.05, 3.63) is 112 Å². The summed E-state index contributed by atoms with van der Waals surface area (Å²) in [5.41, 5.74) is 3.83. The monoisotopic (exact) mass is 889 g/mol. The molecule has 0 bridgehead atoms. The zero-order chi connectivity index (χ0) is 44.8. The summed E-state index contributed by atoms with van der Waals surface area (Å²) in [6, 6.07) is 22.0. The van der Waals surface area contributed by atoms with Gasteiger partial charge in [-0.3, -0.25) is 19.8 Å². The van der Waals surface area contributed by atoms with E-state index in [1.807, 2.05) is 19.1 Å². The molecule has 64 heavy (non-hydrogen) atoms. The number of rotatable bonds is 13. The molecule has 4 N–H and O–H groups in total. The van der Waals surface area contributed by atoms with Crippen LogP contribution in [0.2, 0.25) is 0 Å². The number of amides is 1. The zero-order valence-corrected chi connectivity index (χ0v) is 37.7. The number of ether oxygens (including phenoxy) is 1. The van der Waals surface area contributed by atoms with Gasteiger partial charge in [0.05, 0.1) is 27.2 Å². The number of H-pyrrole nitrogens is 1. The van der Waals surface area contributed by atoms with Crippen molar-refractivity contribution in [1.82, 2.24) is 19.6 Å². The average molecular weight is 890 g/mol. The summed E-state index contributed by atoms with van der Waals surface area (Å²) in [7, 11) is -4.56. The molecule has 3 aromatic carbocycles. The van der Waals surface area contributed by atoms with Crippen molar-refractivity contribution in [2.24, 2.45) is 11.3 Å². The third-order valence-corrected chi connectivity index (χ3v) is 15.8. The summed E-state index contributed by atoms with van der Waals surface area (Å²) in [6.07, 6.45) is 12.0. The molecule has 2 aliphatic carbocycles. The molecular weight excluding hydrogens is 831 g/mol. The van der Waals surface area contributed by atoms with Gasteiger partial charge in [0.2, 0.25) is 0 Å². The highest BCUT2D eigenvalue weighted by Gasteiger charge is 2.49. The Morgan fingerprint density at radius 2 is 1.77 bits per heavy atom. The van der Waals surface area contributed by atoms with Crippen LogP contribution in [0.25, 0.3) is 11.0 Å². The van der Waals surface area contributed by atoms with Crippen molar-refractivity contribution in [3.63, 3.8) is 0 Å². The smallest absolute Gasteiger partial charge is 0.293 e. The molecule has 15 heteroatoms. The van der Waals surface area contributed by atoms with Crippen LogP contribution in [0.15, 0.2) is 90.1 Å². The summed E-state index contributed by atoms with van der Waals surface area (Å²) < 4.78 is 36.0. The number of hydrogen-bond donors (Lipinski definition) is 4. The molecule has 1 spiro atoms. The maximum Gasteiger partial charge on any atom is 0.293 e. The topological polar surface area (TPSA) is 183 Å². The molecule has 14 nitrogen and oxygen atoms in total. The fourth-order valence-electron chi connectivity index (χ4n) is 10.8. The number of benzene rings is 3. The van der Waals surface area contributed by atoms with E-state index in [1.54, 1.807) is 30.6 Å². The molecule has 0 radical (unpaired) electrons. The van der Waals surface area contributed by atoms with Gasteiger partial charge in [0.15, 0.2) is 0 Å². The lowest BCUT2D eigenvalue weighted by molar-refractivity contribution is -0.384. The largest absolute Gasteiger partial charge is 0.455 e. The van der Waals surface area contributed by atoms with Gasteiger partial charge in [-0.05, 0) is 129 Å². The normalized spacial score (nSPS) is 23.6. The van der Waals surface area contributed by atoms with Crippen LogP contribution in [0.5, 0.6) is 11.5 Å². The molecule has 1 amide bonds. The molecule has 0 unspecified atom stereocenters. The minimum atomic E-state index is -4.56. The van der Waals surface area contributed by atoms with E-state index in [0.717, 1.165) is 69.0 Å². The molecular formula is C49H59N7O7S. The number of aromatic amines is 1. The van der Waals surface area contributed by atoms with Gasteiger partial charge < -0.3 is 25.0 Å². The van der Waals surface area contributed by atoms with E-state index >= 15 is 0 Å². The minimum Gasteiger partial charge on any atom is -0.455 e. The van der Waals surface area contributed by atoms with Crippen LogP contribution < -0.4 is 19.7 Å². The number of nitro benzene ring substituents is 1. The second kappa shape index (κ2) is 17.5. The Morgan fingerprint density at radius 1 is 1.00 bits per heavy atom. The lowest BCUT2D eigenvalue weighted by atomic mass is 9.70. The van der Waals surface area contributed by atoms with Crippen molar-refractivity contribution in [2.75, 3.05) is 42.9 Å².